The second-order valence-corrected chi connectivity index (χ2v) is 4.86. The van der Waals surface area contributed by atoms with Crippen molar-refractivity contribution in [1.82, 2.24) is 9.97 Å². The van der Waals surface area contributed by atoms with Crippen LogP contribution in [0.25, 0.3) is 6.08 Å². The van der Waals surface area contributed by atoms with Crippen molar-refractivity contribution >= 4 is 23.8 Å². The molecule has 5 nitrogen and oxygen atoms in total. The molecule has 0 unspecified atom stereocenters. The van der Waals surface area contributed by atoms with Crippen LogP contribution in [0.15, 0.2) is 52.6 Å². The first-order valence-electron chi connectivity index (χ1n) is 5.82. The van der Waals surface area contributed by atoms with Gasteiger partial charge in [-0.05, 0) is 17.2 Å². The second-order valence-electron chi connectivity index (χ2n) is 3.90. The highest BCUT2D eigenvalue weighted by atomic mass is 32.2. The van der Waals surface area contributed by atoms with Crippen molar-refractivity contribution in [3.05, 3.63) is 64.1 Å². The Labute approximate surface area is 119 Å². The van der Waals surface area contributed by atoms with E-state index in [1.54, 1.807) is 6.08 Å². The van der Waals surface area contributed by atoms with Crippen molar-refractivity contribution < 1.29 is 9.90 Å². The summed E-state index contributed by atoms with van der Waals surface area (Å²) in [7, 11) is 0. The van der Waals surface area contributed by atoms with Crippen LogP contribution < -0.4 is 5.56 Å². The fraction of sp³-hybridized carbons (Fsp3) is 0.0714. The van der Waals surface area contributed by atoms with Gasteiger partial charge in [0.15, 0.2) is 5.16 Å². The van der Waals surface area contributed by atoms with Gasteiger partial charge in [0.25, 0.3) is 5.56 Å². The Morgan fingerprint density at radius 1 is 1.35 bits per heavy atom. The molecule has 2 rings (SSSR count). The van der Waals surface area contributed by atoms with Gasteiger partial charge >= 0.3 is 5.97 Å². The Morgan fingerprint density at radius 3 is 2.90 bits per heavy atom. The van der Waals surface area contributed by atoms with Gasteiger partial charge in [0, 0.05) is 24.1 Å². The highest BCUT2D eigenvalue weighted by Gasteiger charge is 2.02. The summed E-state index contributed by atoms with van der Waals surface area (Å²) >= 11 is 1.39. The van der Waals surface area contributed by atoms with Crippen LogP contribution in [-0.2, 0) is 10.5 Å². The van der Waals surface area contributed by atoms with E-state index in [2.05, 4.69) is 9.97 Å². The highest BCUT2D eigenvalue weighted by molar-refractivity contribution is 7.98. The van der Waals surface area contributed by atoms with E-state index in [1.165, 1.54) is 24.0 Å². The zero-order chi connectivity index (χ0) is 14.4. The number of hydrogen-bond donors (Lipinski definition) is 2. The minimum absolute atomic E-state index is 0.193. The second kappa shape index (κ2) is 6.72. The molecule has 0 fully saturated rings. The lowest BCUT2D eigenvalue weighted by atomic mass is 10.1. The number of aliphatic carboxylic acids is 1. The van der Waals surface area contributed by atoms with Gasteiger partial charge in [-0.25, -0.2) is 9.78 Å². The molecule has 0 aliphatic heterocycles. The number of H-pyrrole nitrogens is 1. The summed E-state index contributed by atoms with van der Waals surface area (Å²) in [5.74, 6) is -0.394. The SMILES string of the molecule is O=C(O)C=Cc1ccccc1CSc1nccc(=O)[nH]1. The molecule has 0 aliphatic carbocycles. The Balaban J connectivity index is 2.13. The van der Waals surface area contributed by atoms with Crippen molar-refractivity contribution in [3.63, 3.8) is 0 Å². The van der Waals surface area contributed by atoms with Crippen molar-refractivity contribution in [2.45, 2.75) is 10.9 Å². The molecule has 0 aliphatic rings. The zero-order valence-corrected chi connectivity index (χ0v) is 11.3. The first-order chi connectivity index (χ1) is 9.65. The largest absolute Gasteiger partial charge is 0.478 e. The number of rotatable bonds is 5. The maximum absolute atomic E-state index is 11.2. The van der Waals surface area contributed by atoms with Gasteiger partial charge in [-0.1, -0.05) is 36.0 Å². The summed E-state index contributed by atoms with van der Waals surface area (Å²) in [6.07, 6.45) is 4.11. The lowest BCUT2D eigenvalue weighted by Gasteiger charge is -2.05. The lowest BCUT2D eigenvalue weighted by molar-refractivity contribution is -0.131. The number of benzene rings is 1. The van der Waals surface area contributed by atoms with Crippen molar-refractivity contribution in [2.75, 3.05) is 0 Å². The van der Waals surface area contributed by atoms with E-state index in [0.717, 1.165) is 17.2 Å². The Morgan fingerprint density at radius 2 is 2.15 bits per heavy atom. The predicted octanol–water partition coefficient (Wildman–Crippen LogP) is 2.16. The molecule has 2 N–H and O–H groups in total. The molecular weight excluding hydrogens is 276 g/mol. The van der Waals surface area contributed by atoms with Crippen molar-refractivity contribution in [2.24, 2.45) is 0 Å². The number of carboxylic acids is 1. The molecule has 1 heterocycles. The Kier molecular flexibility index (Phi) is 4.73. The predicted molar refractivity (Wildman–Crippen MR) is 77.5 cm³/mol. The number of hydrogen-bond acceptors (Lipinski definition) is 4. The van der Waals surface area contributed by atoms with Crippen molar-refractivity contribution in [1.29, 1.82) is 0 Å². The summed E-state index contributed by atoms with van der Waals surface area (Å²) in [4.78, 5) is 28.4. The molecule has 1 aromatic heterocycles. The minimum Gasteiger partial charge on any atom is -0.478 e. The molecule has 0 radical (unpaired) electrons. The number of carboxylic acid groups (broad SMARTS) is 1. The van der Waals surface area contributed by atoms with Gasteiger partial charge in [-0.3, -0.25) is 4.79 Å². The summed E-state index contributed by atoms with van der Waals surface area (Å²) in [5, 5.41) is 9.20. The van der Waals surface area contributed by atoms with Crippen molar-refractivity contribution in [3.8, 4) is 0 Å². The minimum atomic E-state index is -0.985. The van der Waals surface area contributed by atoms with Gasteiger partial charge in [0.05, 0.1) is 0 Å². The summed E-state index contributed by atoms with van der Waals surface area (Å²) in [5.41, 5.74) is 1.61. The Bertz CT molecular complexity index is 695. The fourth-order valence-corrected chi connectivity index (χ4v) is 2.42. The quantitative estimate of drug-likeness (QED) is 0.500. The maximum Gasteiger partial charge on any atom is 0.328 e. The molecule has 0 saturated heterocycles. The molecular formula is C14H12N2O3S. The van der Waals surface area contributed by atoms with Crippen LogP contribution in [0.5, 0.6) is 0 Å². The van der Waals surface area contributed by atoms with E-state index in [-0.39, 0.29) is 5.56 Å². The smallest absolute Gasteiger partial charge is 0.328 e. The molecule has 0 spiro atoms. The highest BCUT2D eigenvalue weighted by Crippen LogP contribution is 2.21. The van der Waals surface area contributed by atoms with E-state index in [1.807, 2.05) is 24.3 Å². The molecule has 102 valence electrons. The first kappa shape index (κ1) is 14.1. The van der Waals surface area contributed by atoms with Gasteiger partial charge in [-0.2, -0.15) is 0 Å². The van der Waals surface area contributed by atoms with E-state index >= 15 is 0 Å². The summed E-state index contributed by atoms with van der Waals surface area (Å²) < 4.78 is 0. The number of nitrogens with one attached hydrogen (secondary N) is 1. The van der Waals surface area contributed by atoms with Crippen LogP contribution in [-0.4, -0.2) is 21.0 Å². The third-order valence-electron chi connectivity index (χ3n) is 2.47. The molecule has 0 amide bonds. The number of nitrogens with zero attached hydrogens (tertiary/aromatic N) is 1. The van der Waals surface area contributed by atoms with Crippen LogP contribution in [0, 0.1) is 0 Å². The lowest BCUT2D eigenvalue weighted by Crippen LogP contribution is -2.05. The Hall–Kier alpha value is -2.34. The van der Waals surface area contributed by atoms with Gasteiger partial charge in [0.1, 0.15) is 0 Å². The van der Waals surface area contributed by atoms with Crippen LogP contribution in [0.3, 0.4) is 0 Å². The standard InChI is InChI=1S/C14H12N2O3S/c17-12-7-8-15-14(16-12)20-9-11-4-2-1-3-10(11)5-6-13(18)19/h1-8H,9H2,(H,18,19)(H,15,16,17). The number of aromatic nitrogens is 2. The molecule has 6 heteroatoms. The van der Waals surface area contributed by atoms with E-state index in [0.29, 0.717) is 10.9 Å². The summed E-state index contributed by atoms with van der Waals surface area (Å²) in [6.45, 7) is 0. The van der Waals surface area contributed by atoms with Gasteiger partial charge < -0.3 is 10.1 Å². The molecule has 20 heavy (non-hydrogen) atoms. The van der Waals surface area contributed by atoms with Crippen LogP contribution in [0.1, 0.15) is 11.1 Å². The first-order valence-corrected chi connectivity index (χ1v) is 6.81. The van der Waals surface area contributed by atoms with Crippen LogP contribution in [0.4, 0.5) is 0 Å². The third kappa shape index (κ3) is 4.10. The monoisotopic (exact) mass is 288 g/mol. The maximum atomic E-state index is 11.2. The van der Waals surface area contributed by atoms with Gasteiger partial charge in [-0.15, -0.1) is 0 Å². The summed E-state index contributed by atoms with van der Waals surface area (Å²) in [6, 6.07) is 8.84. The van der Waals surface area contributed by atoms with Crippen LogP contribution >= 0.6 is 11.8 Å². The molecule has 2 aromatic rings. The molecule has 1 aromatic carbocycles. The number of carbonyl (C=O) groups is 1. The normalized spacial score (nSPS) is 10.8. The topological polar surface area (TPSA) is 83.0 Å². The molecule has 0 bridgehead atoms. The van der Waals surface area contributed by atoms with Crippen LogP contribution in [0.2, 0.25) is 0 Å². The zero-order valence-electron chi connectivity index (χ0n) is 10.4. The number of aromatic amines is 1. The number of thioether (sulfide) groups is 1. The average Bonchev–Trinajstić information content (AvgIpc) is 2.44. The van der Waals surface area contributed by atoms with E-state index in [9.17, 15) is 9.59 Å². The fourth-order valence-electron chi connectivity index (χ4n) is 1.56. The van der Waals surface area contributed by atoms with Gasteiger partial charge in [0.2, 0.25) is 0 Å². The van der Waals surface area contributed by atoms with E-state index in [4.69, 9.17) is 5.11 Å². The molecule has 0 saturated carbocycles. The molecule has 0 atom stereocenters. The van der Waals surface area contributed by atoms with E-state index < -0.39 is 5.97 Å². The third-order valence-corrected chi connectivity index (χ3v) is 3.41. The average molecular weight is 288 g/mol.